The highest BCUT2D eigenvalue weighted by atomic mass is 32.2. The van der Waals surface area contributed by atoms with E-state index in [0.717, 1.165) is 39.0 Å². The minimum absolute atomic E-state index is 0.00653. The normalized spacial score (nSPS) is 12.1. The van der Waals surface area contributed by atoms with Crippen LogP contribution in [0.15, 0.2) is 250 Å². The Morgan fingerprint density at radius 1 is 0.234 bits per heavy atom. The van der Waals surface area contributed by atoms with Gasteiger partial charge < -0.3 is 0 Å². The van der Waals surface area contributed by atoms with Crippen molar-refractivity contribution in [2.75, 3.05) is 0 Å². The van der Waals surface area contributed by atoms with Gasteiger partial charge in [-0.25, -0.2) is 30.7 Å². The first-order chi connectivity index (χ1) is 36.3. The van der Waals surface area contributed by atoms with Crippen LogP contribution in [0.5, 0.6) is 0 Å². The molecule has 9 aromatic carbocycles. The van der Waals surface area contributed by atoms with Crippen LogP contribution in [0.3, 0.4) is 0 Å². The van der Waals surface area contributed by atoms with Gasteiger partial charge in [-0.05, 0) is 103 Å². The number of hydrogen-bond donors (Lipinski definition) is 0. The summed E-state index contributed by atoms with van der Waals surface area (Å²) in [5.74, 6) is -3.97. The van der Waals surface area contributed by atoms with Crippen molar-refractivity contribution in [1.29, 1.82) is 0 Å². The molecule has 0 radical (unpaired) electrons. The van der Waals surface area contributed by atoms with Crippen LogP contribution in [0, 0.1) is 47.6 Å². The van der Waals surface area contributed by atoms with Crippen molar-refractivity contribution < 1.29 is 70.2 Å². The van der Waals surface area contributed by atoms with E-state index in [-0.39, 0.29) is 38.9 Å². The summed E-state index contributed by atoms with van der Waals surface area (Å²) in [4.78, 5) is 3.43. The van der Waals surface area contributed by atoms with E-state index in [2.05, 4.69) is 0 Å². The highest BCUT2D eigenvalue weighted by Gasteiger charge is 2.42. The number of hydrogen-bond acceptors (Lipinski definition) is 0. The van der Waals surface area contributed by atoms with Crippen molar-refractivity contribution in [3.63, 3.8) is 0 Å². The third-order valence-corrected chi connectivity index (χ3v) is 17.1. The Morgan fingerprint density at radius 3 is 0.896 bits per heavy atom. The molecule has 0 fully saturated rings. The van der Waals surface area contributed by atoms with Crippen LogP contribution in [-0.4, -0.2) is 0 Å². The molecule has 0 aliphatic rings. The predicted octanol–water partition coefficient (Wildman–Crippen LogP) is 18.7. The molecular formula is C58H37F16S3+3. The molecular weight excluding hydrogens is 1100 g/mol. The minimum atomic E-state index is -5.08. The van der Waals surface area contributed by atoms with Crippen molar-refractivity contribution in [2.45, 2.75) is 69.5 Å². The molecule has 0 amide bonds. The molecule has 0 aromatic heterocycles. The average molecular weight is 1130 g/mol. The first-order valence-corrected chi connectivity index (χ1v) is 26.0. The van der Waals surface area contributed by atoms with E-state index >= 15 is 0 Å². The maximum atomic E-state index is 13.6. The topological polar surface area (TPSA) is 0 Å². The van der Waals surface area contributed by atoms with Crippen LogP contribution in [0.1, 0.15) is 22.3 Å². The van der Waals surface area contributed by atoms with Gasteiger partial charge in [0.1, 0.15) is 40.7 Å². The predicted molar refractivity (Wildman–Crippen MR) is 264 cm³/mol. The number of alkyl halides is 9. The molecule has 0 aliphatic heterocycles. The number of halogens is 16. The van der Waals surface area contributed by atoms with Gasteiger partial charge in [-0.1, -0.05) is 48.5 Å². The Morgan fingerprint density at radius 2 is 0.532 bits per heavy atom. The highest BCUT2D eigenvalue weighted by molar-refractivity contribution is 7.97. The largest absolute Gasteiger partial charge is 0.416 e. The zero-order valence-corrected chi connectivity index (χ0v) is 41.9. The first-order valence-electron chi connectivity index (χ1n) is 22.3. The number of rotatable bonds is 9. The lowest BCUT2D eigenvalue weighted by Crippen LogP contribution is -2.15. The SMILES string of the molecule is Cc1cc([S+](c2ccccc2)c2cc(C(F)(F)F)cc(C(F)(F)F)c2)cc(C(F)(F)F)c1.Fc1cc(F)cc([S+](c2ccccc2)c2cc(F)cc(F)c2)c1.Fc1ccc([S+](c2cccc(F)c2)c2cccc(F)c2)cc1. The zero-order chi connectivity index (χ0) is 55.8. The Bertz CT molecular complexity index is 3270. The standard InChI is InChI=1S/C22H14F9S.C18H11F4S.C18H12F3S/c1-13-7-14(20(23,24)25)10-18(8-13)32(17-5-3-2-4-6-17)19-11-15(21(26,27)28)9-16(12-19)22(29,30)31;19-12-6-13(20)9-17(8-12)23(16-4-2-1-3-5-16)18-10-14(21)7-15(22)11-18;19-13-7-9-16(10-8-13)22(17-5-1-3-14(20)11-17)18-6-2-4-15(21)12-18/h2-12H,1H3;1-11H;1-12H/q3*+1. The second-order valence-electron chi connectivity index (χ2n) is 16.4. The summed E-state index contributed by atoms with van der Waals surface area (Å²) in [5, 5.41) is 0. The quantitative estimate of drug-likeness (QED) is 0.0998. The number of benzene rings is 9. The molecule has 0 saturated heterocycles. The molecule has 0 heterocycles. The fraction of sp³-hybridized carbons (Fsp3) is 0.0690. The van der Waals surface area contributed by atoms with Gasteiger partial charge in [0.25, 0.3) is 0 Å². The van der Waals surface area contributed by atoms with Crippen molar-refractivity contribution in [3.05, 3.63) is 269 Å². The molecule has 0 bridgehead atoms. The van der Waals surface area contributed by atoms with E-state index in [1.54, 1.807) is 72.8 Å². The molecule has 0 aliphatic carbocycles. The van der Waals surface area contributed by atoms with E-state index in [1.165, 1.54) is 97.9 Å². The minimum Gasteiger partial charge on any atom is -0.207 e. The molecule has 1 atom stereocenters. The van der Waals surface area contributed by atoms with Gasteiger partial charge in [-0.15, -0.1) is 0 Å². The van der Waals surface area contributed by atoms with Gasteiger partial charge in [0.2, 0.25) is 0 Å². The van der Waals surface area contributed by atoms with Crippen LogP contribution in [0.2, 0.25) is 0 Å². The average Bonchev–Trinajstić information content (AvgIpc) is 3.35. The third kappa shape index (κ3) is 15.5. The summed E-state index contributed by atoms with van der Waals surface area (Å²) in [6.45, 7) is 1.37. The smallest absolute Gasteiger partial charge is 0.207 e. The van der Waals surface area contributed by atoms with E-state index in [0.29, 0.717) is 26.8 Å². The second kappa shape index (κ2) is 24.5. The monoisotopic (exact) mass is 1130 g/mol. The highest BCUT2D eigenvalue weighted by Crippen LogP contribution is 2.42. The Kier molecular flexibility index (Phi) is 18.3. The lowest BCUT2D eigenvalue weighted by Gasteiger charge is -2.16. The van der Waals surface area contributed by atoms with Crippen LogP contribution in [0.25, 0.3) is 0 Å². The van der Waals surface area contributed by atoms with Crippen molar-refractivity contribution in [1.82, 2.24) is 0 Å². The third-order valence-electron chi connectivity index (χ3n) is 10.6. The van der Waals surface area contributed by atoms with E-state index in [1.807, 2.05) is 0 Å². The summed E-state index contributed by atoms with van der Waals surface area (Å²) in [7, 11) is -3.37. The maximum Gasteiger partial charge on any atom is 0.416 e. The van der Waals surface area contributed by atoms with Gasteiger partial charge in [0.05, 0.1) is 49.4 Å². The molecule has 0 spiro atoms. The summed E-state index contributed by atoms with van der Waals surface area (Å²) >= 11 is 0. The molecule has 0 N–H and O–H groups in total. The zero-order valence-electron chi connectivity index (χ0n) is 39.4. The van der Waals surface area contributed by atoms with E-state index in [9.17, 15) is 70.2 Å². The van der Waals surface area contributed by atoms with Crippen molar-refractivity contribution in [3.8, 4) is 0 Å². The van der Waals surface area contributed by atoms with Gasteiger partial charge in [0.15, 0.2) is 44.1 Å². The Hall–Kier alpha value is -7.09. The summed E-state index contributed by atoms with van der Waals surface area (Å²) in [6, 6.07) is 45.1. The molecule has 1 unspecified atom stereocenters. The van der Waals surface area contributed by atoms with Crippen LogP contribution in [0.4, 0.5) is 70.2 Å². The summed E-state index contributed by atoms with van der Waals surface area (Å²) in [6.07, 6.45) is -14.9. The van der Waals surface area contributed by atoms with E-state index in [4.69, 9.17) is 0 Å². The van der Waals surface area contributed by atoms with Crippen LogP contribution < -0.4 is 0 Å². The molecule has 396 valence electrons. The van der Waals surface area contributed by atoms with Gasteiger partial charge in [-0.3, -0.25) is 0 Å². The lowest BCUT2D eigenvalue weighted by atomic mass is 10.1. The van der Waals surface area contributed by atoms with Gasteiger partial charge in [0, 0.05) is 66.7 Å². The second-order valence-corrected chi connectivity index (χ2v) is 22.5. The fourth-order valence-corrected chi connectivity index (χ4v) is 14.0. The molecule has 19 heteroatoms. The van der Waals surface area contributed by atoms with Crippen LogP contribution in [-0.2, 0) is 51.2 Å². The first kappa shape index (κ1) is 57.6. The van der Waals surface area contributed by atoms with Crippen LogP contribution >= 0.6 is 0 Å². The molecule has 9 aromatic rings. The molecule has 0 saturated carbocycles. The maximum absolute atomic E-state index is 13.6. The molecule has 9 rings (SSSR count). The fourth-order valence-electron chi connectivity index (χ4n) is 7.46. The van der Waals surface area contributed by atoms with Gasteiger partial charge >= 0.3 is 18.5 Å². The number of aryl methyl sites for hydroxylation is 1. The summed E-state index contributed by atoms with van der Waals surface area (Å²) in [5.41, 5.74) is -3.92. The Balaban J connectivity index is 0.000000172. The molecule has 77 heavy (non-hydrogen) atoms. The summed E-state index contributed by atoms with van der Waals surface area (Å²) < 4.78 is 215. The van der Waals surface area contributed by atoms with Gasteiger partial charge in [-0.2, -0.15) is 39.5 Å². The molecule has 0 nitrogen and oxygen atoms in total. The lowest BCUT2D eigenvalue weighted by molar-refractivity contribution is -0.143. The van der Waals surface area contributed by atoms with E-state index < -0.39 is 96.1 Å². The Labute approximate surface area is 439 Å². The van der Waals surface area contributed by atoms with Crippen molar-refractivity contribution in [2.24, 2.45) is 0 Å². The van der Waals surface area contributed by atoms with Crippen molar-refractivity contribution >= 4 is 32.7 Å².